The van der Waals surface area contributed by atoms with Gasteiger partial charge >= 0.3 is 0 Å². The minimum absolute atomic E-state index is 0.627. The van der Waals surface area contributed by atoms with Crippen molar-refractivity contribution in [3.8, 4) is 11.1 Å². The highest BCUT2D eigenvalue weighted by atomic mass is 32.1. The summed E-state index contributed by atoms with van der Waals surface area (Å²) in [5.74, 6) is 0. The molecule has 1 aromatic heterocycles. The minimum atomic E-state index is 0.627. The fourth-order valence-corrected chi connectivity index (χ4v) is 1.39. The maximum atomic E-state index is 8.51. The van der Waals surface area contributed by atoms with Crippen molar-refractivity contribution in [2.75, 3.05) is 13.2 Å². The van der Waals surface area contributed by atoms with Crippen LogP contribution in [0.3, 0.4) is 0 Å². The largest absolute Gasteiger partial charge is 0.484 e. The Balaban J connectivity index is 2.38. The zero-order valence-electron chi connectivity index (χ0n) is 6.62. The Labute approximate surface area is 75.4 Å². The van der Waals surface area contributed by atoms with E-state index in [2.05, 4.69) is 6.07 Å². The molecule has 12 heavy (non-hydrogen) atoms. The van der Waals surface area contributed by atoms with E-state index >= 15 is 0 Å². The molecule has 0 aliphatic rings. The lowest BCUT2D eigenvalue weighted by Crippen LogP contribution is -2.05. The first kappa shape index (κ1) is 9.04. The van der Waals surface area contributed by atoms with Crippen LogP contribution in [0.2, 0.25) is 0 Å². The van der Waals surface area contributed by atoms with Gasteiger partial charge in [0.05, 0.1) is 6.61 Å². The molecule has 0 radical (unpaired) electrons. The van der Waals surface area contributed by atoms with Crippen molar-refractivity contribution in [3.05, 3.63) is 17.0 Å². The molecular formula is C8H10N2OS. The second kappa shape index (κ2) is 4.75. The van der Waals surface area contributed by atoms with Crippen LogP contribution in [0.15, 0.2) is 12.1 Å². The van der Waals surface area contributed by atoms with Gasteiger partial charge in [-0.1, -0.05) is 11.3 Å². The summed E-state index contributed by atoms with van der Waals surface area (Å²) in [5.41, 5.74) is 5.30. The molecule has 2 N–H and O–H groups in total. The van der Waals surface area contributed by atoms with E-state index in [4.69, 9.17) is 15.7 Å². The number of hydrogen-bond acceptors (Lipinski definition) is 4. The van der Waals surface area contributed by atoms with Gasteiger partial charge in [-0.15, -0.1) is 0 Å². The van der Waals surface area contributed by atoms with E-state index in [9.17, 15) is 0 Å². The molecule has 0 saturated heterocycles. The molecule has 4 heteroatoms. The highest BCUT2D eigenvalue weighted by molar-refractivity contribution is 7.14. The molecule has 0 atom stereocenters. The van der Waals surface area contributed by atoms with Gasteiger partial charge in [-0.2, -0.15) is 5.26 Å². The Bertz CT molecular complexity index is 277. The Morgan fingerprint density at radius 3 is 3.00 bits per heavy atom. The number of nitrogens with zero attached hydrogens (tertiary/aromatic N) is 1. The maximum Gasteiger partial charge on any atom is 0.175 e. The predicted octanol–water partition coefficient (Wildman–Crippen LogP) is 1.35. The van der Waals surface area contributed by atoms with Gasteiger partial charge in [0.15, 0.2) is 5.06 Å². The van der Waals surface area contributed by atoms with Gasteiger partial charge in [0.25, 0.3) is 0 Å². The molecule has 0 saturated carbocycles. The van der Waals surface area contributed by atoms with E-state index in [0.29, 0.717) is 18.0 Å². The van der Waals surface area contributed by atoms with Gasteiger partial charge in [0.1, 0.15) is 10.9 Å². The van der Waals surface area contributed by atoms with Gasteiger partial charge in [0.2, 0.25) is 0 Å². The molecule has 0 amide bonds. The normalized spacial score (nSPS) is 9.33. The van der Waals surface area contributed by atoms with Crippen LogP contribution >= 0.6 is 11.3 Å². The van der Waals surface area contributed by atoms with Gasteiger partial charge in [0, 0.05) is 0 Å². The van der Waals surface area contributed by atoms with Crippen LogP contribution in [0.25, 0.3) is 0 Å². The minimum Gasteiger partial charge on any atom is -0.484 e. The molecule has 0 aliphatic heterocycles. The van der Waals surface area contributed by atoms with Gasteiger partial charge < -0.3 is 10.5 Å². The summed E-state index contributed by atoms with van der Waals surface area (Å²) in [7, 11) is 0. The molecule has 0 fully saturated rings. The Kier molecular flexibility index (Phi) is 3.58. The fraction of sp³-hybridized carbons (Fsp3) is 0.375. The van der Waals surface area contributed by atoms with Crippen molar-refractivity contribution in [3.63, 3.8) is 0 Å². The SMILES string of the molecule is N#Cc1ccc(OCCCN)s1. The molecule has 1 aromatic rings. The summed E-state index contributed by atoms with van der Waals surface area (Å²) in [6.07, 6.45) is 0.847. The van der Waals surface area contributed by atoms with E-state index in [1.807, 2.05) is 0 Å². The summed E-state index contributed by atoms with van der Waals surface area (Å²) in [4.78, 5) is 0.678. The summed E-state index contributed by atoms with van der Waals surface area (Å²) in [5, 5.41) is 9.30. The van der Waals surface area contributed by atoms with Crippen LogP contribution in [-0.4, -0.2) is 13.2 Å². The number of thiophene rings is 1. The van der Waals surface area contributed by atoms with Crippen LogP contribution in [0.1, 0.15) is 11.3 Å². The standard InChI is InChI=1S/C8H10N2OS/c9-4-1-5-11-8-3-2-7(6-10)12-8/h2-3H,1,4-5,9H2. The predicted molar refractivity (Wildman–Crippen MR) is 48.2 cm³/mol. The lowest BCUT2D eigenvalue weighted by molar-refractivity contribution is 0.322. The highest BCUT2D eigenvalue weighted by Gasteiger charge is 1.98. The van der Waals surface area contributed by atoms with Crippen molar-refractivity contribution in [1.29, 1.82) is 5.26 Å². The van der Waals surface area contributed by atoms with Crippen molar-refractivity contribution in [1.82, 2.24) is 0 Å². The van der Waals surface area contributed by atoms with Crippen LogP contribution in [0.4, 0.5) is 0 Å². The van der Waals surface area contributed by atoms with E-state index in [0.717, 1.165) is 11.5 Å². The molecular weight excluding hydrogens is 172 g/mol. The lowest BCUT2D eigenvalue weighted by Gasteiger charge is -1.99. The average Bonchev–Trinajstić information content (AvgIpc) is 2.53. The third kappa shape index (κ3) is 2.53. The summed E-state index contributed by atoms with van der Waals surface area (Å²) in [6, 6.07) is 5.61. The second-order valence-corrected chi connectivity index (χ2v) is 3.27. The first-order valence-corrected chi connectivity index (χ1v) is 4.51. The summed E-state index contributed by atoms with van der Waals surface area (Å²) in [6.45, 7) is 1.26. The van der Waals surface area contributed by atoms with Gasteiger partial charge in [-0.05, 0) is 25.1 Å². The highest BCUT2D eigenvalue weighted by Crippen LogP contribution is 2.23. The Hall–Kier alpha value is -1.05. The zero-order valence-corrected chi connectivity index (χ0v) is 7.43. The second-order valence-electron chi connectivity index (χ2n) is 2.22. The van der Waals surface area contributed by atoms with Crippen molar-refractivity contribution in [2.45, 2.75) is 6.42 Å². The summed E-state index contributed by atoms with van der Waals surface area (Å²) >= 11 is 1.36. The van der Waals surface area contributed by atoms with Crippen molar-refractivity contribution < 1.29 is 4.74 Å². The van der Waals surface area contributed by atoms with Crippen molar-refractivity contribution >= 4 is 11.3 Å². The molecule has 3 nitrogen and oxygen atoms in total. The Morgan fingerprint density at radius 1 is 1.58 bits per heavy atom. The van der Waals surface area contributed by atoms with E-state index in [1.165, 1.54) is 11.3 Å². The number of nitriles is 1. The lowest BCUT2D eigenvalue weighted by atomic mass is 10.5. The molecule has 0 unspecified atom stereocenters. The van der Waals surface area contributed by atoms with Crippen LogP contribution in [-0.2, 0) is 0 Å². The van der Waals surface area contributed by atoms with E-state index in [-0.39, 0.29) is 0 Å². The zero-order chi connectivity index (χ0) is 8.81. The third-order valence-corrected chi connectivity index (χ3v) is 2.19. The quantitative estimate of drug-likeness (QED) is 0.715. The Morgan fingerprint density at radius 2 is 2.42 bits per heavy atom. The molecule has 0 spiro atoms. The topological polar surface area (TPSA) is 59.0 Å². The van der Waals surface area contributed by atoms with Gasteiger partial charge in [-0.25, -0.2) is 0 Å². The first-order chi connectivity index (χ1) is 5.86. The van der Waals surface area contributed by atoms with E-state index < -0.39 is 0 Å². The van der Waals surface area contributed by atoms with Crippen LogP contribution < -0.4 is 10.5 Å². The monoisotopic (exact) mass is 182 g/mol. The number of hydrogen-bond donors (Lipinski definition) is 1. The van der Waals surface area contributed by atoms with Crippen LogP contribution in [0, 0.1) is 11.3 Å². The van der Waals surface area contributed by atoms with Crippen molar-refractivity contribution in [2.24, 2.45) is 5.73 Å². The fourth-order valence-electron chi connectivity index (χ4n) is 0.714. The maximum absolute atomic E-state index is 8.51. The molecule has 0 bridgehead atoms. The molecule has 0 aromatic carbocycles. The molecule has 64 valence electrons. The smallest absolute Gasteiger partial charge is 0.175 e. The van der Waals surface area contributed by atoms with Crippen LogP contribution in [0.5, 0.6) is 5.06 Å². The third-order valence-electron chi connectivity index (χ3n) is 1.28. The number of ether oxygens (including phenoxy) is 1. The molecule has 1 rings (SSSR count). The molecule has 1 heterocycles. The van der Waals surface area contributed by atoms with Gasteiger partial charge in [-0.3, -0.25) is 0 Å². The number of nitrogens with two attached hydrogens (primary N) is 1. The van der Waals surface area contributed by atoms with E-state index in [1.54, 1.807) is 12.1 Å². The molecule has 0 aliphatic carbocycles. The average molecular weight is 182 g/mol. The number of rotatable bonds is 4. The summed E-state index contributed by atoms with van der Waals surface area (Å²) < 4.78 is 5.32. The first-order valence-electron chi connectivity index (χ1n) is 3.69.